The van der Waals surface area contributed by atoms with Gasteiger partial charge in [0.15, 0.2) is 5.82 Å². The van der Waals surface area contributed by atoms with Crippen molar-refractivity contribution in [1.29, 1.82) is 0 Å². The summed E-state index contributed by atoms with van der Waals surface area (Å²) in [7, 11) is 0. The van der Waals surface area contributed by atoms with Crippen LogP contribution < -0.4 is 10.2 Å². The van der Waals surface area contributed by atoms with Crippen molar-refractivity contribution >= 4 is 11.8 Å². The van der Waals surface area contributed by atoms with Crippen LogP contribution >= 0.6 is 0 Å². The second-order valence-electron chi connectivity index (χ2n) is 4.11. The molecule has 1 aliphatic heterocycles. The monoisotopic (exact) mass is 221 g/mol. The fourth-order valence-corrected chi connectivity index (χ4v) is 1.85. The highest BCUT2D eigenvalue weighted by Crippen LogP contribution is 2.16. The second-order valence-corrected chi connectivity index (χ2v) is 4.11. The first-order valence-electron chi connectivity index (χ1n) is 6.08. The van der Waals surface area contributed by atoms with Crippen molar-refractivity contribution in [3.05, 3.63) is 6.20 Å². The van der Waals surface area contributed by atoms with Crippen LogP contribution in [0.25, 0.3) is 0 Å². The van der Waals surface area contributed by atoms with Gasteiger partial charge in [-0.2, -0.15) is 10.1 Å². The van der Waals surface area contributed by atoms with Crippen molar-refractivity contribution in [1.82, 2.24) is 15.2 Å². The van der Waals surface area contributed by atoms with E-state index in [0.717, 1.165) is 31.9 Å². The van der Waals surface area contributed by atoms with E-state index in [4.69, 9.17) is 0 Å². The first-order chi connectivity index (χ1) is 7.90. The van der Waals surface area contributed by atoms with Crippen molar-refractivity contribution in [3.8, 4) is 0 Å². The van der Waals surface area contributed by atoms with Crippen molar-refractivity contribution in [3.63, 3.8) is 0 Å². The summed E-state index contributed by atoms with van der Waals surface area (Å²) in [4.78, 5) is 6.73. The van der Waals surface area contributed by atoms with Crippen LogP contribution in [0, 0.1) is 0 Å². The van der Waals surface area contributed by atoms with Crippen LogP contribution in [-0.4, -0.2) is 34.8 Å². The third kappa shape index (κ3) is 2.81. The maximum absolute atomic E-state index is 4.47. The van der Waals surface area contributed by atoms with Gasteiger partial charge in [-0.15, -0.1) is 5.10 Å². The molecule has 0 aliphatic carbocycles. The van der Waals surface area contributed by atoms with E-state index in [0.29, 0.717) is 5.95 Å². The lowest BCUT2D eigenvalue weighted by atomic mass is 10.3. The lowest BCUT2D eigenvalue weighted by Crippen LogP contribution is -2.20. The highest BCUT2D eigenvalue weighted by Gasteiger charge is 2.14. The quantitative estimate of drug-likeness (QED) is 0.767. The maximum Gasteiger partial charge on any atom is 0.244 e. The fourth-order valence-electron chi connectivity index (χ4n) is 1.85. The van der Waals surface area contributed by atoms with Crippen LogP contribution in [0.5, 0.6) is 0 Å². The molecule has 0 saturated carbocycles. The predicted octanol–water partition coefficient (Wildman–Crippen LogP) is 1.68. The van der Waals surface area contributed by atoms with Crippen molar-refractivity contribution in [2.24, 2.45) is 0 Å². The molecule has 1 saturated heterocycles. The minimum absolute atomic E-state index is 0.651. The summed E-state index contributed by atoms with van der Waals surface area (Å²) in [6.45, 7) is 5.27. The highest BCUT2D eigenvalue weighted by atomic mass is 15.3. The molecule has 0 bridgehead atoms. The summed E-state index contributed by atoms with van der Waals surface area (Å²) in [5, 5.41) is 11.2. The Bertz CT molecular complexity index is 322. The van der Waals surface area contributed by atoms with E-state index in [1.165, 1.54) is 19.3 Å². The zero-order chi connectivity index (χ0) is 11.2. The molecule has 0 radical (unpaired) electrons. The molecule has 1 aromatic rings. The molecular formula is C11H19N5. The second kappa shape index (κ2) is 5.63. The van der Waals surface area contributed by atoms with Crippen LogP contribution in [-0.2, 0) is 0 Å². The first kappa shape index (κ1) is 11.1. The van der Waals surface area contributed by atoms with Gasteiger partial charge in [0.1, 0.15) is 0 Å². The van der Waals surface area contributed by atoms with E-state index in [1.807, 2.05) is 0 Å². The molecule has 1 aromatic heterocycles. The minimum Gasteiger partial charge on any atom is -0.355 e. The Morgan fingerprint density at radius 3 is 2.94 bits per heavy atom. The third-order valence-corrected chi connectivity index (χ3v) is 2.79. The Morgan fingerprint density at radius 2 is 2.19 bits per heavy atom. The zero-order valence-electron chi connectivity index (χ0n) is 9.82. The summed E-state index contributed by atoms with van der Waals surface area (Å²) in [5.41, 5.74) is 0. The normalized spacial score (nSPS) is 15.4. The Hall–Kier alpha value is -1.39. The SMILES string of the molecule is CCCCNc1nncc(N2CCCC2)n1. The van der Waals surface area contributed by atoms with Crippen molar-refractivity contribution < 1.29 is 0 Å². The van der Waals surface area contributed by atoms with Gasteiger partial charge >= 0.3 is 0 Å². The molecular weight excluding hydrogens is 202 g/mol. The van der Waals surface area contributed by atoms with Crippen molar-refractivity contribution in [2.75, 3.05) is 29.9 Å². The van der Waals surface area contributed by atoms with Gasteiger partial charge < -0.3 is 10.2 Å². The van der Waals surface area contributed by atoms with Gasteiger partial charge in [-0.1, -0.05) is 13.3 Å². The summed E-state index contributed by atoms with van der Waals surface area (Å²) in [6, 6.07) is 0. The smallest absolute Gasteiger partial charge is 0.244 e. The topological polar surface area (TPSA) is 53.9 Å². The average Bonchev–Trinajstić information content (AvgIpc) is 2.83. The Balaban J connectivity index is 1.95. The molecule has 0 amide bonds. The minimum atomic E-state index is 0.651. The van der Waals surface area contributed by atoms with Crippen LogP contribution in [0.3, 0.4) is 0 Å². The average molecular weight is 221 g/mol. The van der Waals surface area contributed by atoms with E-state index in [2.05, 4.69) is 32.3 Å². The van der Waals surface area contributed by atoms with E-state index in [-0.39, 0.29) is 0 Å². The molecule has 16 heavy (non-hydrogen) atoms. The molecule has 0 spiro atoms. The zero-order valence-corrected chi connectivity index (χ0v) is 9.82. The summed E-state index contributed by atoms with van der Waals surface area (Å²) in [6.07, 6.45) is 6.56. The highest BCUT2D eigenvalue weighted by molar-refractivity contribution is 5.40. The van der Waals surface area contributed by atoms with Crippen LogP contribution in [0.2, 0.25) is 0 Å². The Labute approximate surface area is 96.3 Å². The van der Waals surface area contributed by atoms with Crippen LogP contribution in [0.4, 0.5) is 11.8 Å². The Kier molecular flexibility index (Phi) is 3.91. The Morgan fingerprint density at radius 1 is 1.38 bits per heavy atom. The van der Waals surface area contributed by atoms with Gasteiger partial charge in [0, 0.05) is 19.6 Å². The van der Waals surface area contributed by atoms with Gasteiger partial charge in [0.2, 0.25) is 5.95 Å². The van der Waals surface area contributed by atoms with E-state index < -0.39 is 0 Å². The molecule has 5 heteroatoms. The van der Waals surface area contributed by atoms with Crippen LogP contribution in [0.15, 0.2) is 6.20 Å². The standard InChI is InChI=1S/C11H19N5/c1-2-3-6-12-11-14-10(9-13-15-11)16-7-4-5-8-16/h9H,2-8H2,1H3,(H,12,14,15). The molecule has 0 unspecified atom stereocenters. The number of nitrogens with one attached hydrogen (secondary N) is 1. The van der Waals surface area contributed by atoms with Crippen LogP contribution in [0.1, 0.15) is 32.6 Å². The number of anilines is 2. The van der Waals surface area contributed by atoms with Gasteiger partial charge in [-0.05, 0) is 19.3 Å². The largest absolute Gasteiger partial charge is 0.355 e. The third-order valence-electron chi connectivity index (χ3n) is 2.79. The van der Waals surface area contributed by atoms with E-state index in [1.54, 1.807) is 6.20 Å². The number of hydrogen-bond donors (Lipinski definition) is 1. The molecule has 1 aliphatic rings. The lowest BCUT2D eigenvalue weighted by Gasteiger charge is -2.15. The van der Waals surface area contributed by atoms with E-state index >= 15 is 0 Å². The number of unbranched alkanes of at least 4 members (excludes halogenated alkanes) is 1. The number of nitrogens with zero attached hydrogens (tertiary/aromatic N) is 4. The van der Waals surface area contributed by atoms with Crippen molar-refractivity contribution in [2.45, 2.75) is 32.6 Å². The molecule has 1 fully saturated rings. The molecule has 2 rings (SSSR count). The number of rotatable bonds is 5. The summed E-state index contributed by atoms with van der Waals surface area (Å²) >= 11 is 0. The predicted molar refractivity (Wildman–Crippen MR) is 64.7 cm³/mol. The van der Waals surface area contributed by atoms with Gasteiger partial charge in [0.05, 0.1) is 6.20 Å². The molecule has 1 N–H and O–H groups in total. The molecule has 2 heterocycles. The number of hydrogen-bond acceptors (Lipinski definition) is 5. The molecule has 5 nitrogen and oxygen atoms in total. The summed E-state index contributed by atoms with van der Waals surface area (Å²) in [5.74, 6) is 1.60. The van der Waals surface area contributed by atoms with E-state index in [9.17, 15) is 0 Å². The lowest BCUT2D eigenvalue weighted by molar-refractivity contribution is 0.814. The fraction of sp³-hybridized carbons (Fsp3) is 0.727. The first-order valence-corrected chi connectivity index (χ1v) is 6.08. The molecule has 0 atom stereocenters. The van der Waals surface area contributed by atoms with Gasteiger partial charge in [-0.3, -0.25) is 0 Å². The molecule has 88 valence electrons. The van der Waals surface area contributed by atoms with Gasteiger partial charge in [-0.25, -0.2) is 0 Å². The maximum atomic E-state index is 4.47. The van der Waals surface area contributed by atoms with Gasteiger partial charge in [0.25, 0.3) is 0 Å². The molecule has 0 aromatic carbocycles. The number of aromatic nitrogens is 3. The summed E-state index contributed by atoms with van der Waals surface area (Å²) < 4.78 is 0.